The van der Waals surface area contributed by atoms with Crippen molar-refractivity contribution in [1.29, 1.82) is 0 Å². The highest BCUT2D eigenvalue weighted by Crippen LogP contribution is 2.68. The number of alkyl halides is 1. The molecule has 1 nitrogen and oxygen atoms in total. The van der Waals surface area contributed by atoms with E-state index in [1.807, 2.05) is 13.8 Å². The van der Waals surface area contributed by atoms with Gasteiger partial charge in [-0.1, -0.05) is 34.1 Å². The molecule has 4 aliphatic rings. The zero-order valence-electron chi connectivity index (χ0n) is 15.3. The predicted molar refractivity (Wildman–Crippen MR) is 90.8 cm³/mol. The summed E-state index contributed by atoms with van der Waals surface area (Å²) in [6, 6.07) is 0. The number of halogens is 1. The molecule has 0 spiro atoms. The number of hydrogen-bond donors (Lipinski definition) is 0. The van der Waals surface area contributed by atoms with Crippen molar-refractivity contribution in [3.8, 4) is 0 Å². The van der Waals surface area contributed by atoms with Crippen LogP contribution in [0.4, 0.5) is 4.39 Å². The van der Waals surface area contributed by atoms with Crippen molar-refractivity contribution in [3.05, 3.63) is 0 Å². The first-order valence-electron chi connectivity index (χ1n) is 9.87. The fourth-order valence-electron chi connectivity index (χ4n) is 7.98. The Hall–Kier alpha value is -0.400. The van der Waals surface area contributed by atoms with Crippen LogP contribution in [0.5, 0.6) is 0 Å². The van der Waals surface area contributed by atoms with Crippen LogP contribution in [0, 0.1) is 39.9 Å². The van der Waals surface area contributed by atoms with Crippen LogP contribution in [-0.2, 0) is 4.79 Å². The van der Waals surface area contributed by atoms with Crippen molar-refractivity contribution in [1.82, 2.24) is 0 Å². The highest BCUT2D eigenvalue weighted by molar-refractivity contribution is 5.85. The monoisotopic (exact) mass is 320 g/mol. The van der Waals surface area contributed by atoms with Crippen LogP contribution in [0.15, 0.2) is 0 Å². The Bertz CT molecular complexity index is 526. The highest BCUT2D eigenvalue weighted by atomic mass is 19.1. The maximum absolute atomic E-state index is 14.6. The van der Waals surface area contributed by atoms with Crippen LogP contribution >= 0.6 is 0 Å². The van der Waals surface area contributed by atoms with Crippen LogP contribution in [0.2, 0.25) is 0 Å². The highest BCUT2D eigenvalue weighted by Gasteiger charge is 2.63. The van der Waals surface area contributed by atoms with E-state index in [9.17, 15) is 9.18 Å². The number of Topliss-reactive ketones (excluding diaryl/α,β-unsaturated/α-hetero) is 1. The van der Waals surface area contributed by atoms with Crippen molar-refractivity contribution in [2.75, 3.05) is 0 Å². The Morgan fingerprint density at radius 1 is 0.957 bits per heavy atom. The molecule has 2 heteroatoms. The minimum Gasteiger partial charge on any atom is -0.296 e. The molecule has 0 heterocycles. The van der Waals surface area contributed by atoms with Crippen molar-refractivity contribution < 1.29 is 9.18 Å². The maximum Gasteiger partial charge on any atom is 0.168 e. The molecule has 0 aromatic rings. The van der Waals surface area contributed by atoms with Gasteiger partial charge in [0, 0.05) is 11.8 Å². The molecule has 130 valence electrons. The van der Waals surface area contributed by atoms with Gasteiger partial charge in [-0.2, -0.15) is 0 Å². The average Bonchev–Trinajstić information content (AvgIpc) is 2.86. The third-order valence-corrected chi connectivity index (χ3v) is 9.04. The lowest BCUT2D eigenvalue weighted by Gasteiger charge is -2.63. The summed E-state index contributed by atoms with van der Waals surface area (Å²) >= 11 is 0. The first kappa shape index (κ1) is 16.1. The van der Waals surface area contributed by atoms with Gasteiger partial charge < -0.3 is 0 Å². The number of hydrogen-bond acceptors (Lipinski definition) is 1. The molecule has 0 unspecified atom stereocenters. The van der Waals surface area contributed by atoms with Gasteiger partial charge in [-0.15, -0.1) is 0 Å². The van der Waals surface area contributed by atoms with Gasteiger partial charge in [-0.25, -0.2) is 4.39 Å². The molecule has 4 saturated carbocycles. The molecular formula is C21H33FO. The molecule has 0 aliphatic heterocycles. The molecule has 4 aliphatic carbocycles. The second-order valence-electron chi connectivity index (χ2n) is 10.4. The fraction of sp³-hybridized carbons (Fsp3) is 0.952. The molecular weight excluding hydrogens is 287 g/mol. The summed E-state index contributed by atoms with van der Waals surface area (Å²) in [5, 5.41) is 0. The van der Waals surface area contributed by atoms with E-state index in [0.717, 1.165) is 18.3 Å². The lowest BCUT2D eigenvalue weighted by Crippen LogP contribution is -2.60. The summed E-state index contributed by atoms with van der Waals surface area (Å²) in [7, 11) is 0. The number of fused-ring (bicyclic) bond motifs is 5. The number of carbonyl (C=O) groups is 1. The van der Waals surface area contributed by atoms with Crippen LogP contribution in [0.25, 0.3) is 0 Å². The van der Waals surface area contributed by atoms with Gasteiger partial charge in [0.25, 0.3) is 0 Å². The van der Waals surface area contributed by atoms with Crippen LogP contribution < -0.4 is 0 Å². The normalized spacial score (nSPS) is 55.0. The Balaban J connectivity index is 1.70. The molecule has 0 amide bonds. The molecule has 0 bridgehead atoms. The van der Waals surface area contributed by atoms with E-state index in [1.165, 1.54) is 38.5 Å². The van der Waals surface area contributed by atoms with Gasteiger partial charge >= 0.3 is 0 Å². The summed E-state index contributed by atoms with van der Waals surface area (Å²) in [4.78, 5) is 12.5. The van der Waals surface area contributed by atoms with Crippen molar-refractivity contribution in [2.24, 2.45) is 39.9 Å². The summed E-state index contributed by atoms with van der Waals surface area (Å²) in [6.07, 6.45) is 8.42. The molecule has 7 atom stereocenters. The molecule has 4 fully saturated rings. The van der Waals surface area contributed by atoms with E-state index in [0.29, 0.717) is 23.7 Å². The van der Waals surface area contributed by atoms with Crippen molar-refractivity contribution >= 4 is 5.78 Å². The van der Waals surface area contributed by atoms with E-state index in [-0.39, 0.29) is 11.2 Å². The minimum atomic E-state index is -1.25. The smallest absolute Gasteiger partial charge is 0.168 e. The van der Waals surface area contributed by atoms with Crippen molar-refractivity contribution in [3.63, 3.8) is 0 Å². The number of rotatable bonds is 0. The van der Waals surface area contributed by atoms with Gasteiger partial charge in [-0.3, -0.25) is 4.79 Å². The zero-order valence-corrected chi connectivity index (χ0v) is 15.3. The number of ketones is 1. The minimum absolute atomic E-state index is 0.0377. The van der Waals surface area contributed by atoms with E-state index >= 15 is 0 Å². The Morgan fingerprint density at radius 2 is 1.70 bits per heavy atom. The second kappa shape index (κ2) is 4.82. The second-order valence-corrected chi connectivity index (χ2v) is 10.4. The molecule has 23 heavy (non-hydrogen) atoms. The summed E-state index contributed by atoms with van der Waals surface area (Å²) in [5.74, 6) is 2.55. The maximum atomic E-state index is 14.6. The molecule has 0 aromatic heterocycles. The largest absolute Gasteiger partial charge is 0.296 e. The summed E-state index contributed by atoms with van der Waals surface area (Å²) in [5.41, 5.74) is 0.114. The van der Waals surface area contributed by atoms with Crippen molar-refractivity contribution in [2.45, 2.75) is 85.2 Å². The lowest BCUT2D eigenvalue weighted by molar-refractivity contribution is -0.173. The molecule has 0 N–H and O–H groups in total. The third kappa shape index (κ3) is 1.99. The Kier molecular flexibility index (Phi) is 3.37. The zero-order chi connectivity index (χ0) is 16.6. The first-order chi connectivity index (χ1) is 10.7. The van der Waals surface area contributed by atoms with Gasteiger partial charge in [0.1, 0.15) is 0 Å². The van der Waals surface area contributed by atoms with E-state index in [2.05, 4.69) is 13.8 Å². The van der Waals surface area contributed by atoms with Gasteiger partial charge in [0.2, 0.25) is 0 Å². The Morgan fingerprint density at radius 3 is 2.43 bits per heavy atom. The first-order valence-corrected chi connectivity index (χ1v) is 9.87. The van der Waals surface area contributed by atoms with Gasteiger partial charge in [0.15, 0.2) is 12.0 Å². The average molecular weight is 320 g/mol. The van der Waals surface area contributed by atoms with Crippen LogP contribution in [0.1, 0.15) is 79.1 Å². The molecule has 0 aromatic carbocycles. The Labute approximate surface area is 140 Å². The van der Waals surface area contributed by atoms with Crippen LogP contribution in [-0.4, -0.2) is 12.0 Å². The SMILES string of the molecule is CC1(C)[C@H](F)C(=O)C[C@]2(C)[C@H]3CC[C@]4(C)CCC[C@H]4[C@@H]3CC[C@@H]12. The third-order valence-electron chi connectivity index (χ3n) is 9.04. The summed E-state index contributed by atoms with van der Waals surface area (Å²) in [6.45, 7) is 8.89. The van der Waals surface area contributed by atoms with E-state index in [1.54, 1.807) is 0 Å². The van der Waals surface area contributed by atoms with Crippen LogP contribution in [0.3, 0.4) is 0 Å². The van der Waals surface area contributed by atoms with E-state index in [4.69, 9.17) is 0 Å². The lowest BCUT2D eigenvalue weighted by atomic mass is 9.41. The fourth-order valence-corrected chi connectivity index (χ4v) is 7.98. The molecule has 0 radical (unpaired) electrons. The summed E-state index contributed by atoms with van der Waals surface area (Å²) < 4.78 is 14.6. The quantitative estimate of drug-likeness (QED) is 0.570. The standard InChI is InChI=1S/C21H33FO/c1-19(2)17-8-7-13-14-6-5-10-20(14,3)11-9-15(13)21(17,4)12-16(23)18(19)22/h13-15,17-18H,5-12H2,1-4H3/t13-,14-,15-,17-,18+,20-,21+/m0/s1. The number of carbonyl (C=O) groups excluding carboxylic acids is 1. The topological polar surface area (TPSA) is 17.1 Å². The predicted octanol–water partition coefficient (Wildman–Crippen LogP) is 5.57. The van der Waals surface area contributed by atoms with E-state index < -0.39 is 11.6 Å². The van der Waals surface area contributed by atoms with Gasteiger partial charge in [-0.05, 0) is 73.0 Å². The molecule has 0 saturated heterocycles. The molecule has 4 rings (SSSR count). The van der Waals surface area contributed by atoms with Gasteiger partial charge in [0.05, 0.1) is 0 Å².